The van der Waals surface area contributed by atoms with E-state index in [4.69, 9.17) is 4.74 Å². The molecular weight excluding hydrogens is 366 g/mol. The van der Waals surface area contributed by atoms with Crippen molar-refractivity contribution in [1.29, 1.82) is 0 Å². The lowest BCUT2D eigenvalue weighted by atomic mass is 10.1. The fraction of sp³-hybridized carbons (Fsp3) is 0.391. The number of anilines is 3. The predicted molar refractivity (Wildman–Crippen MR) is 117 cm³/mol. The Balaban J connectivity index is 1.68. The van der Waals surface area contributed by atoms with Gasteiger partial charge in [-0.15, -0.1) is 0 Å². The molecule has 1 fully saturated rings. The van der Waals surface area contributed by atoms with Crippen molar-refractivity contribution < 1.29 is 14.3 Å². The third-order valence-corrected chi connectivity index (χ3v) is 5.18. The molecule has 2 amide bonds. The van der Waals surface area contributed by atoms with Gasteiger partial charge in [-0.1, -0.05) is 6.07 Å². The standard InChI is InChI=1S/C23H29N3O3/c1-17-7-12-22(29-3)21(15-17)26(18(2)27)16-23(28)24-19-8-10-20(11-9-19)25-13-5-4-6-14-25/h7-12,15H,4-6,13-14,16H2,1-3H3,(H,24,28). The molecule has 0 radical (unpaired) electrons. The summed E-state index contributed by atoms with van der Waals surface area (Å²) in [4.78, 5) is 28.6. The molecule has 2 aromatic rings. The summed E-state index contributed by atoms with van der Waals surface area (Å²) in [5.41, 5.74) is 3.48. The predicted octanol–water partition coefficient (Wildman–Crippen LogP) is 3.99. The van der Waals surface area contributed by atoms with Gasteiger partial charge in [0.25, 0.3) is 0 Å². The number of hydrogen-bond donors (Lipinski definition) is 1. The van der Waals surface area contributed by atoms with E-state index in [0.29, 0.717) is 11.4 Å². The number of amides is 2. The van der Waals surface area contributed by atoms with Crippen molar-refractivity contribution in [3.8, 4) is 5.75 Å². The smallest absolute Gasteiger partial charge is 0.244 e. The summed E-state index contributed by atoms with van der Waals surface area (Å²) in [5.74, 6) is 0.0865. The Bertz CT molecular complexity index is 858. The number of carbonyl (C=O) groups excluding carboxylic acids is 2. The van der Waals surface area contributed by atoms with E-state index < -0.39 is 0 Å². The minimum absolute atomic E-state index is 0.0803. The van der Waals surface area contributed by atoms with Crippen LogP contribution in [0, 0.1) is 6.92 Å². The largest absolute Gasteiger partial charge is 0.495 e. The number of hydrogen-bond acceptors (Lipinski definition) is 4. The van der Waals surface area contributed by atoms with Crippen LogP contribution in [-0.4, -0.2) is 38.6 Å². The number of methoxy groups -OCH3 is 1. The molecule has 0 spiro atoms. The number of benzene rings is 2. The normalized spacial score (nSPS) is 13.7. The fourth-order valence-corrected chi connectivity index (χ4v) is 3.63. The van der Waals surface area contributed by atoms with Crippen LogP contribution in [0.4, 0.5) is 17.1 Å². The maximum absolute atomic E-state index is 12.6. The molecule has 0 saturated carbocycles. The van der Waals surface area contributed by atoms with Crippen LogP contribution in [0.3, 0.4) is 0 Å². The highest BCUT2D eigenvalue weighted by molar-refractivity contribution is 6.02. The molecule has 2 aromatic carbocycles. The lowest BCUT2D eigenvalue weighted by Gasteiger charge is -2.29. The summed E-state index contributed by atoms with van der Waals surface area (Å²) in [6, 6.07) is 13.4. The summed E-state index contributed by atoms with van der Waals surface area (Å²) < 4.78 is 5.37. The van der Waals surface area contributed by atoms with Gasteiger partial charge in [0.05, 0.1) is 12.8 Å². The number of piperidine rings is 1. The van der Waals surface area contributed by atoms with Gasteiger partial charge in [0.1, 0.15) is 12.3 Å². The van der Waals surface area contributed by atoms with Crippen molar-refractivity contribution in [2.45, 2.75) is 33.1 Å². The number of nitrogens with one attached hydrogen (secondary N) is 1. The summed E-state index contributed by atoms with van der Waals surface area (Å²) >= 11 is 0. The maximum atomic E-state index is 12.6. The highest BCUT2D eigenvalue weighted by Crippen LogP contribution is 2.29. The van der Waals surface area contributed by atoms with Gasteiger partial charge >= 0.3 is 0 Å². The van der Waals surface area contributed by atoms with Gasteiger partial charge < -0.3 is 15.0 Å². The molecule has 1 saturated heterocycles. The molecule has 0 atom stereocenters. The van der Waals surface area contributed by atoms with Crippen molar-refractivity contribution in [1.82, 2.24) is 0 Å². The Kier molecular flexibility index (Phi) is 6.75. The SMILES string of the molecule is COc1ccc(C)cc1N(CC(=O)Nc1ccc(N2CCCCC2)cc1)C(C)=O. The van der Waals surface area contributed by atoms with Crippen LogP contribution in [0.25, 0.3) is 0 Å². The van der Waals surface area contributed by atoms with Crippen molar-refractivity contribution in [2.75, 3.05) is 41.9 Å². The minimum Gasteiger partial charge on any atom is -0.495 e. The molecule has 0 bridgehead atoms. The second-order valence-electron chi connectivity index (χ2n) is 7.42. The first-order valence-corrected chi connectivity index (χ1v) is 10.1. The van der Waals surface area contributed by atoms with Crippen LogP contribution in [0.2, 0.25) is 0 Å². The summed E-state index contributed by atoms with van der Waals surface area (Å²) in [6.45, 7) is 5.46. The lowest BCUT2D eigenvalue weighted by molar-refractivity contribution is -0.120. The second kappa shape index (κ2) is 9.45. The highest BCUT2D eigenvalue weighted by Gasteiger charge is 2.20. The first-order chi connectivity index (χ1) is 14.0. The van der Waals surface area contributed by atoms with E-state index in [9.17, 15) is 9.59 Å². The average Bonchev–Trinajstić information content (AvgIpc) is 2.73. The zero-order valence-electron chi connectivity index (χ0n) is 17.4. The van der Waals surface area contributed by atoms with E-state index in [-0.39, 0.29) is 18.4 Å². The summed E-state index contributed by atoms with van der Waals surface area (Å²) in [5, 5.41) is 2.89. The van der Waals surface area contributed by atoms with Crippen LogP contribution < -0.4 is 19.9 Å². The van der Waals surface area contributed by atoms with Gasteiger partial charge in [-0.3, -0.25) is 14.5 Å². The van der Waals surface area contributed by atoms with Crippen molar-refractivity contribution in [2.24, 2.45) is 0 Å². The highest BCUT2D eigenvalue weighted by atomic mass is 16.5. The summed E-state index contributed by atoms with van der Waals surface area (Å²) in [6.07, 6.45) is 3.74. The molecule has 154 valence electrons. The Labute approximate surface area is 172 Å². The third kappa shape index (κ3) is 5.28. The monoisotopic (exact) mass is 395 g/mol. The third-order valence-electron chi connectivity index (χ3n) is 5.18. The number of rotatable bonds is 6. The molecule has 1 heterocycles. The first kappa shape index (κ1) is 20.7. The minimum atomic E-state index is -0.255. The topological polar surface area (TPSA) is 61.9 Å². The van der Waals surface area contributed by atoms with Gasteiger partial charge in [-0.2, -0.15) is 0 Å². The van der Waals surface area contributed by atoms with Crippen LogP contribution in [0.1, 0.15) is 31.7 Å². The Morgan fingerprint density at radius 1 is 1.07 bits per heavy atom. The first-order valence-electron chi connectivity index (χ1n) is 10.1. The van der Waals surface area contributed by atoms with Gasteiger partial charge in [0.2, 0.25) is 11.8 Å². The zero-order valence-corrected chi connectivity index (χ0v) is 17.4. The maximum Gasteiger partial charge on any atom is 0.244 e. The molecule has 0 unspecified atom stereocenters. The van der Waals surface area contributed by atoms with Gasteiger partial charge in [-0.05, 0) is 68.1 Å². The van der Waals surface area contributed by atoms with Crippen LogP contribution in [0.5, 0.6) is 5.75 Å². The number of aryl methyl sites for hydroxylation is 1. The Morgan fingerprint density at radius 2 is 1.76 bits per heavy atom. The van der Waals surface area contributed by atoms with Gasteiger partial charge in [0.15, 0.2) is 0 Å². The Morgan fingerprint density at radius 3 is 2.38 bits per heavy atom. The molecule has 0 aliphatic carbocycles. The molecular formula is C23H29N3O3. The zero-order chi connectivity index (χ0) is 20.8. The molecule has 6 heteroatoms. The molecule has 1 aliphatic rings. The van der Waals surface area contributed by atoms with E-state index in [1.165, 1.54) is 36.8 Å². The lowest BCUT2D eigenvalue weighted by Crippen LogP contribution is -2.37. The molecule has 1 N–H and O–H groups in total. The molecule has 0 aromatic heterocycles. The number of nitrogens with zero attached hydrogens (tertiary/aromatic N) is 2. The van der Waals surface area contributed by atoms with Crippen molar-refractivity contribution in [3.05, 3.63) is 48.0 Å². The number of ether oxygens (including phenoxy) is 1. The van der Waals surface area contributed by atoms with Crippen LogP contribution >= 0.6 is 0 Å². The quantitative estimate of drug-likeness (QED) is 0.804. The Hall–Kier alpha value is -3.02. The number of carbonyl (C=O) groups is 2. The van der Waals surface area contributed by atoms with E-state index in [0.717, 1.165) is 24.3 Å². The fourth-order valence-electron chi connectivity index (χ4n) is 3.63. The molecule has 1 aliphatic heterocycles. The van der Waals surface area contributed by atoms with E-state index in [1.54, 1.807) is 13.2 Å². The van der Waals surface area contributed by atoms with E-state index in [2.05, 4.69) is 10.2 Å². The second-order valence-corrected chi connectivity index (χ2v) is 7.42. The molecule has 3 rings (SSSR count). The van der Waals surface area contributed by atoms with Crippen LogP contribution in [-0.2, 0) is 9.59 Å². The van der Waals surface area contributed by atoms with Gasteiger partial charge in [-0.25, -0.2) is 0 Å². The van der Waals surface area contributed by atoms with Crippen molar-refractivity contribution in [3.63, 3.8) is 0 Å². The van der Waals surface area contributed by atoms with Gasteiger partial charge in [0, 0.05) is 31.4 Å². The average molecular weight is 396 g/mol. The van der Waals surface area contributed by atoms with E-state index >= 15 is 0 Å². The molecule has 6 nitrogen and oxygen atoms in total. The molecule has 29 heavy (non-hydrogen) atoms. The van der Waals surface area contributed by atoms with Crippen LogP contribution in [0.15, 0.2) is 42.5 Å². The van der Waals surface area contributed by atoms with E-state index in [1.807, 2.05) is 43.3 Å². The summed E-state index contributed by atoms with van der Waals surface area (Å²) in [7, 11) is 1.55. The van der Waals surface area contributed by atoms with Crippen molar-refractivity contribution >= 4 is 28.9 Å².